The van der Waals surface area contributed by atoms with Crippen molar-refractivity contribution in [2.24, 2.45) is 17.8 Å². The maximum atomic E-state index is 10.4. The third-order valence-electron chi connectivity index (χ3n) is 7.97. The number of carbonyl (C=O) groups excluding carboxylic acids is 2. The third kappa shape index (κ3) is 41.6. The van der Waals surface area contributed by atoms with Crippen LogP contribution >= 0.6 is 15.9 Å². The summed E-state index contributed by atoms with van der Waals surface area (Å²) in [7, 11) is 0. The topological polar surface area (TPSA) is 130 Å². The van der Waals surface area contributed by atoms with Gasteiger partial charge in [-0.1, -0.05) is 166 Å². The van der Waals surface area contributed by atoms with Crippen LogP contribution in [0.15, 0.2) is 144 Å². The summed E-state index contributed by atoms with van der Waals surface area (Å²) in [6.45, 7) is 26.8. The fourth-order valence-electron chi connectivity index (χ4n) is 3.50. The van der Waals surface area contributed by atoms with E-state index in [1.165, 1.54) is 0 Å². The zero-order valence-corrected chi connectivity index (χ0v) is 42.5. The number of aliphatic carboxylic acids is 1. The van der Waals surface area contributed by atoms with Gasteiger partial charge in [-0.05, 0) is 99.8 Å². The van der Waals surface area contributed by atoms with Gasteiger partial charge in [-0.25, -0.2) is 0 Å². The molecular formula is C53H77ArBrO8. The van der Waals surface area contributed by atoms with E-state index in [1.807, 2.05) is 167 Å². The SMILES string of the molecule is Brc1cccc(Oc2ccccc2)c1.CC.CC.CC.CCC(C)C(=O)O.CCC(C)C(C)=O.CCC(C)C(C)=O.Oc1cccc(Oc2ccccc2)c1.Oc1ccccc1.[Ar]. The number of ether oxygens (including phenoxy) is 2. The van der Waals surface area contributed by atoms with Crippen molar-refractivity contribution in [3.05, 3.63) is 144 Å². The molecule has 352 valence electrons. The molecule has 5 aromatic carbocycles. The maximum Gasteiger partial charge on any atom is 0.306 e. The van der Waals surface area contributed by atoms with Gasteiger partial charge in [0.15, 0.2) is 0 Å². The molecule has 8 nitrogen and oxygen atoms in total. The van der Waals surface area contributed by atoms with Crippen LogP contribution in [0.1, 0.15) is 116 Å². The number of phenols is 2. The Balaban J connectivity index is -0.000000214. The Bertz CT molecular complexity index is 1640. The van der Waals surface area contributed by atoms with E-state index < -0.39 is 5.97 Å². The van der Waals surface area contributed by atoms with E-state index in [2.05, 4.69) is 15.9 Å². The fraction of sp³-hybridized carbons (Fsp3) is 0.377. The van der Waals surface area contributed by atoms with Gasteiger partial charge in [0, 0.05) is 60.1 Å². The second kappa shape index (κ2) is 47.3. The fourth-order valence-corrected chi connectivity index (χ4v) is 3.88. The monoisotopic (exact) mass is 960 g/mol. The predicted molar refractivity (Wildman–Crippen MR) is 265 cm³/mol. The molecule has 0 bridgehead atoms. The average Bonchev–Trinajstić information content (AvgIpc) is 3.29. The first kappa shape index (κ1) is 67.9. The molecule has 3 unspecified atom stereocenters. The number of rotatable bonds is 10. The van der Waals surface area contributed by atoms with Gasteiger partial charge < -0.3 is 24.8 Å². The third-order valence-corrected chi connectivity index (χ3v) is 8.47. The molecule has 0 amide bonds. The summed E-state index contributed by atoms with van der Waals surface area (Å²) in [5, 5.41) is 26.0. The second-order valence-electron chi connectivity index (χ2n) is 12.6. The molecule has 0 spiro atoms. The van der Waals surface area contributed by atoms with Gasteiger partial charge in [0.2, 0.25) is 0 Å². The van der Waals surface area contributed by atoms with Gasteiger partial charge in [-0.2, -0.15) is 0 Å². The van der Waals surface area contributed by atoms with Crippen molar-refractivity contribution in [2.45, 2.75) is 116 Å². The van der Waals surface area contributed by atoms with Crippen molar-refractivity contribution in [2.75, 3.05) is 0 Å². The Hall–Kier alpha value is -4.15. The standard InChI is InChI=1S/C12H9BrO.C12H10O2.C6H6O.2C6H12O.C5H10O2.3C2H6.Ar/c2*13-10-5-4-8-12(9-10)14-11-6-2-1-3-7-11;7-6-4-2-1-3-5-6;2*1-4-5(2)6(3)7;1-3-4(2)5(6)7;3*1-2;/h1-9H;1-9,13H;1-5,7H;2*5H,4H2,1-3H3;4H,3H2,1-2H3,(H,6,7);3*1-2H3;. The number of Topliss-reactive ketones (excluding diaryl/α,β-unsaturated/α-hetero) is 2. The number of carboxylic acid groups (broad SMARTS) is 1. The Morgan fingerprint density at radius 2 is 0.778 bits per heavy atom. The number of benzene rings is 5. The first-order chi connectivity index (χ1) is 29.6. The molecule has 0 saturated carbocycles. The van der Waals surface area contributed by atoms with Crippen LogP contribution in [-0.2, 0) is 14.4 Å². The Morgan fingerprint density at radius 1 is 0.476 bits per heavy atom. The molecule has 0 aliphatic heterocycles. The Kier molecular flexibility index (Phi) is 51.0. The van der Waals surface area contributed by atoms with Gasteiger partial charge in [0.1, 0.15) is 46.1 Å². The molecule has 0 heterocycles. The quantitative estimate of drug-likeness (QED) is 0.126. The van der Waals surface area contributed by atoms with Crippen molar-refractivity contribution in [3.8, 4) is 34.5 Å². The van der Waals surface area contributed by atoms with E-state index in [0.717, 1.165) is 41.0 Å². The van der Waals surface area contributed by atoms with Gasteiger partial charge in [0.05, 0.1) is 5.92 Å². The van der Waals surface area contributed by atoms with Crippen LogP contribution in [-0.4, -0.2) is 32.9 Å². The molecule has 3 atom stereocenters. The van der Waals surface area contributed by atoms with E-state index in [4.69, 9.17) is 19.7 Å². The normalized spacial score (nSPS) is 10.1. The largest absolute Gasteiger partial charge is 0.508 e. The van der Waals surface area contributed by atoms with Crippen LogP contribution in [0.2, 0.25) is 0 Å². The summed E-state index contributed by atoms with van der Waals surface area (Å²) >= 11 is 3.40. The predicted octanol–water partition coefficient (Wildman–Crippen LogP) is 16.3. The molecule has 5 rings (SSSR count). The molecule has 5 aromatic rings. The summed E-state index contributed by atoms with van der Waals surface area (Å²) in [4.78, 5) is 30.7. The second-order valence-corrected chi connectivity index (χ2v) is 13.5. The molecule has 63 heavy (non-hydrogen) atoms. The number of halogens is 1. The summed E-state index contributed by atoms with van der Waals surface area (Å²) in [5.74, 6) is 3.85. The molecule has 0 aromatic heterocycles. The van der Waals surface area contributed by atoms with E-state index in [9.17, 15) is 19.5 Å². The van der Waals surface area contributed by atoms with Crippen LogP contribution in [0.4, 0.5) is 0 Å². The zero-order chi connectivity index (χ0) is 48.3. The van der Waals surface area contributed by atoms with Crippen LogP contribution in [0, 0.1) is 55.5 Å². The Morgan fingerprint density at radius 3 is 1.02 bits per heavy atom. The molecule has 0 fully saturated rings. The number of carbonyl (C=O) groups is 3. The first-order valence-electron chi connectivity index (χ1n) is 21.6. The molecule has 0 saturated heterocycles. The summed E-state index contributed by atoms with van der Waals surface area (Å²) < 4.78 is 12.1. The number of hydrogen-bond acceptors (Lipinski definition) is 7. The smallest absolute Gasteiger partial charge is 0.306 e. The summed E-state index contributed by atoms with van der Waals surface area (Å²) in [6.07, 6.45) is 2.65. The molecule has 0 radical (unpaired) electrons. The molecule has 10 heteroatoms. The van der Waals surface area contributed by atoms with Gasteiger partial charge >= 0.3 is 5.97 Å². The van der Waals surface area contributed by atoms with Crippen molar-refractivity contribution < 1.29 is 76.9 Å². The maximum absolute atomic E-state index is 10.4. The van der Waals surface area contributed by atoms with Gasteiger partial charge in [0.25, 0.3) is 0 Å². The van der Waals surface area contributed by atoms with Crippen LogP contribution in [0.3, 0.4) is 0 Å². The minimum atomic E-state index is -0.706. The number of ketones is 2. The van der Waals surface area contributed by atoms with Crippen molar-refractivity contribution in [3.63, 3.8) is 0 Å². The molecule has 0 aliphatic rings. The van der Waals surface area contributed by atoms with E-state index in [1.54, 1.807) is 69.3 Å². The number of carboxylic acids is 1. The number of hydrogen-bond donors (Lipinski definition) is 3. The van der Waals surface area contributed by atoms with E-state index in [0.29, 0.717) is 23.1 Å². The zero-order valence-electron chi connectivity index (χ0n) is 40.2. The number of aromatic hydroxyl groups is 2. The van der Waals surface area contributed by atoms with Gasteiger partial charge in [-0.15, -0.1) is 0 Å². The van der Waals surface area contributed by atoms with Gasteiger partial charge in [-0.3, -0.25) is 14.4 Å². The van der Waals surface area contributed by atoms with Crippen LogP contribution in [0.5, 0.6) is 34.5 Å². The first-order valence-corrected chi connectivity index (χ1v) is 22.4. The molecule has 3 N–H and O–H groups in total. The van der Waals surface area contributed by atoms with E-state index >= 15 is 0 Å². The van der Waals surface area contributed by atoms with Crippen LogP contribution < -0.4 is 9.47 Å². The van der Waals surface area contributed by atoms with Crippen LogP contribution in [0.25, 0.3) is 0 Å². The van der Waals surface area contributed by atoms with E-state index in [-0.39, 0.29) is 61.2 Å². The summed E-state index contributed by atoms with van der Waals surface area (Å²) in [6, 6.07) is 42.4. The van der Waals surface area contributed by atoms with Crippen molar-refractivity contribution in [1.29, 1.82) is 0 Å². The number of para-hydroxylation sites is 3. The summed E-state index contributed by atoms with van der Waals surface area (Å²) in [5.41, 5.74) is 0. The molecule has 0 aliphatic carbocycles. The number of phenolic OH excluding ortho intramolecular Hbond substituents is 2. The minimum absolute atomic E-state index is 0. The van der Waals surface area contributed by atoms with Crippen molar-refractivity contribution >= 4 is 33.5 Å². The average molecular weight is 962 g/mol. The Labute approximate surface area is 419 Å². The van der Waals surface area contributed by atoms with Crippen molar-refractivity contribution in [1.82, 2.24) is 0 Å². The molecular weight excluding hydrogens is 884 g/mol. The minimum Gasteiger partial charge on any atom is -0.508 e.